The van der Waals surface area contributed by atoms with Gasteiger partial charge in [0.15, 0.2) is 0 Å². The van der Waals surface area contributed by atoms with E-state index >= 15 is 0 Å². The van der Waals surface area contributed by atoms with Crippen molar-refractivity contribution in [3.05, 3.63) is 30.1 Å². The zero-order chi connectivity index (χ0) is 17.1. The molecule has 4 rings (SSSR count). The first-order chi connectivity index (χ1) is 12.3. The van der Waals surface area contributed by atoms with Crippen molar-refractivity contribution in [1.82, 2.24) is 20.1 Å². The second-order valence-corrected chi connectivity index (χ2v) is 7.95. The summed E-state index contributed by atoms with van der Waals surface area (Å²) >= 11 is 0. The van der Waals surface area contributed by atoms with Crippen molar-refractivity contribution in [1.29, 1.82) is 0 Å². The van der Waals surface area contributed by atoms with Crippen molar-refractivity contribution in [3.63, 3.8) is 0 Å². The van der Waals surface area contributed by atoms with Gasteiger partial charge in [-0.2, -0.15) is 0 Å². The van der Waals surface area contributed by atoms with Crippen molar-refractivity contribution in [2.45, 2.75) is 44.7 Å². The molecule has 0 saturated carbocycles. The van der Waals surface area contributed by atoms with Gasteiger partial charge in [0, 0.05) is 44.8 Å². The van der Waals surface area contributed by atoms with E-state index in [1.807, 2.05) is 12.3 Å². The minimum Gasteiger partial charge on any atom is -0.339 e. The zero-order valence-corrected chi connectivity index (χ0v) is 17.5. The number of carbonyl (C=O) groups is 1. The summed E-state index contributed by atoms with van der Waals surface area (Å²) < 4.78 is 0. The molecular formula is C20H32Cl2N4O. The van der Waals surface area contributed by atoms with Crippen LogP contribution in [-0.4, -0.2) is 59.5 Å². The Morgan fingerprint density at radius 1 is 1.11 bits per heavy atom. The lowest BCUT2D eigenvalue weighted by atomic mass is 9.82. The smallest absolute Gasteiger partial charge is 0.222 e. The molecule has 0 bridgehead atoms. The number of piperidine rings is 3. The van der Waals surface area contributed by atoms with Crippen LogP contribution >= 0.6 is 24.8 Å². The van der Waals surface area contributed by atoms with Crippen LogP contribution in [0.3, 0.4) is 0 Å². The third-order valence-electron chi connectivity index (χ3n) is 6.25. The van der Waals surface area contributed by atoms with Gasteiger partial charge in [0.2, 0.25) is 5.91 Å². The minimum absolute atomic E-state index is 0. The van der Waals surface area contributed by atoms with E-state index < -0.39 is 0 Å². The van der Waals surface area contributed by atoms with Crippen LogP contribution in [0.15, 0.2) is 24.4 Å². The van der Waals surface area contributed by atoms with Gasteiger partial charge < -0.3 is 10.2 Å². The maximum absolute atomic E-state index is 12.6. The molecule has 0 unspecified atom stereocenters. The lowest BCUT2D eigenvalue weighted by Crippen LogP contribution is -2.57. The minimum atomic E-state index is 0. The highest BCUT2D eigenvalue weighted by Crippen LogP contribution is 2.33. The number of fused-ring (bicyclic) bond motifs is 1. The fraction of sp³-hybridized carbons (Fsp3) is 0.700. The fourth-order valence-electron chi connectivity index (χ4n) is 4.87. The van der Waals surface area contributed by atoms with Gasteiger partial charge in [-0.15, -0.1) is 24.8 Å². The molecule has 3 fully saturated rings. The van der Waals surface area contributed by atoms with Crippen molar-refractivity contribution in [3.8, 4) is 0 Å². The zero-order valence-electron chi connectivity index (χ0n) is 15.9. The summed E-state index contributed by atoms with van der Waals surface area (Å²) in [5, 5.41) is 3.43. The van der Waals surface area contributed by atoms with Crippen LogP contribution < -0.4 is 5.32 Å². The average Bonchev–Trinajstić information content (AvgIpc) is 2.66. The first-order valence-electron chi connectivity index (χ1n) is 9.92. The third kappa shape index (κ3) is 5.57. The molecule has 1 amide bonds. The Morgan fingerprint density at radius 3 is 2.67 bits per heavy atom. The molecule has 5 nitrogen and oxygen atoms in total. The van der Waals surface area contributed by atoms with Crippen LogP contribution in [0, 0.1) is 11.8 Å². The monoisotopic (exact) mass is 414 g/mol. The number of amides is 1. The second-order valence-electron chi connectivity index (χ2n) is 7.95. The summed E-state index contributed by atoms with van der Waals surface area (Å²) in [5.74, 6) is 1.73. The molecule has 1 N–H and O–H groups in total. The molecule has 0 spiro atoms. The number of halogens is 2. The van der Waals surface area contributed by atoms with Crippen LogP contribution in [0.4, 0.5) is 0 Å². The molecule has 1 aromatic heterocycles. The maximum Gasteiger partial charge on any atom is 0.222 e. The summed E-state index contributed by atoms with van der Waals surface area (Å²) in [7, 11) is 0. The van der Waals surface area contributed by atoms with E-state index in [9.17, 15) is 4.79 Å². The SMILES string of the molecule is Cl.Cl.O=C1CC[C@H]2CN(Cc3ccccn3)CC[C@H]2N1CC1CCNCC1. The maximum atomic E-state index is 12.6. The first kappa shape index (κ1) is 22.4. The lowest BCUT2D eigenvalue weighted by molar-refractivity contribution is -0.142. The molecular weight excluding hydrogens is 383 g/mol. The Labute approximate surface area is 175 Å². The number of likely N-dealkylation sites (tertiary alicyclic amines) is 2. The van der Waals surface area contributed by atoms with Crippen molar-refractivity contribution < 1.29 is 4.79 Å². The van der Waals surface area contributed by atoms with Gasteiger partial charge in [0.05, 0.1) is 5.69 Å². The van der Waals surface area contributed by atoms with Crippen LogP contribution in [0.2, 0.25) is 0 Å². The van der Waals surface area contributed by atoms with E-state index in [1.54, 1.807) is 0 Å². The number of hydrogen-bond donors (Lipinski definition) is 1. The van der Waals surface area contributed by atoms with E-state index in [0.717, 1.165) is 64.2 Å². The number of nitrogens with one attached hydrogen (secondary N) is 1. The Morgan fingerprint density at radius 2 is 1.93 bits per heavy atom. The van der Waals surface area contributed by atoms with Crippen LogP contribution in [0.5, 0.6) is 0 Å². The highest BCUT2D eigenvalue weighted by Gasteiger charge is 2.39. The predicted octanol–water partition coefficient (Wildman–Crippen LogP) is 2.74. The van der Waals surface area contributed by atoms with Gasteiger partial charge in [-0.1, -0.05) is 6.07 Å². The summed E-state index contributed by atoms with van der Waals surface area (Å²) in [4.78, 5) is 21.8. The topological polar surface area (TPSA) is 48.5 Å². The second kappa shape index (κ2) is 10.6. The first-order valence-corrected chi connectivity index (χ1v) is 9.92. The summed E-state index contributed by atoms with van der Waals surface area (Å²) in [5.41, 5.74) is 1.15. The molecule has 3 aliphatic heterocycles. The highest BCUT2D eigenvalue weighted by molar-refractivity contribution is 5.85. The largest absolute Gasteiger partial charge is 0.339 e. The van der Waals surface area contributed by atoms with Crippen LogP contribution in [0.25, 0.3) is 0 Å². The van der Waals surface area contributed by atoms with Gasteiger partial charge in [-0.25, -0.2) is 0 Å². The summed E-state index contributed by atoms with van der Waals surface area (Å²) in [6.45, 7) is 6.33. The fourth-order valence-corrected chi connectivity index (χ4v) is 4.87. The standard InChI is InChI=1S/C20H30N4O.2ClH/c25-20-5-4-17-14-23(15-18-3-1-2-9-22-18)12-8-19(17)24(20)13-16-6-10-21-11-7-16;;/h1-3,9,16-17,19,21H,4-8,10-15H2;2*1H/t17-,19+;;/m0../s1. The number of aromatic nitrogens is 1. The van der Waals surface area contributed by atoms with E-state index in [4.69, 9.17) is 0 Å². The Hall–Kier alpha value is -0.880. The van der Waals surface area contributed by atoms with Gasteiger partial charge in [-0.3, -0.25) is 14.7 Å². The Kier molecular flexibility index (Phi) is 8.80. The lowest BCUT2D eigenvalue weighted by Gasteiger charge is -2.48. The molecule has 0 aliphatic carbocycles. The van der Waals surface area contributed by atoms with Crippen molar-refractivity contribution in [2.24, 2.45) is 11.8 Å². The molecule has 4 heterocycles. The van der Waals surface area contributed by atoms with Gasteiger partial charge in [-0.05, 0) is 62.7 Å². The molecule has 0 aromatic carbocycles. The molecule has 2 atom stereocenters. The summed E-state index contributed by atoms with van der Waals surface area (Å²) in [6, 6.07) is 6.62. The van der Waals surface area contributed by atoms with Crippen molar-refractivity contribution >= 4 is 30.7 Å². The molecule has 152 valence electrons. The van der Waals surface area contributed by atoms with E-state index in [0.29, 0.717) is 23.8 Å². The van der Waals surface area contributed by atoms with Crippen LogP contribution in [-0.2, 0) is 11.3 Å². The van der Waals surface area contributed by atoms with E-state index in [-0.39, 0.29) is 24.8 Å². The highest BCUT2D eigenvalue weighted by atomic mass is 35.5. The number of rotatable bonds is 4. The normalized spacial score (nSPS) is 26.7. The Balaban J connectivity index is 0.00000131. The third-order valence-corrected chi connectivity index (χ3v) is 6.25. The predicted molar refractivity (Wildman–Crippen MR) is 112 cm³/mol. The van der Waals surface area contributed by atoms with Crippen molar-refractivity contribution in [2.75, 3.05) is 32.7 Å². The molecule has 1 aromatic rings. The van der Waals surface area contributed by atoms with E-state index in [2.05, 4.69) is 32.2 Å². The van der Waals surface area contributed by atoms with E-state index in [1.165, 1.54) is 12.8 Å². The molecule has 27 heavy (non-hydrogen) atoms. The van der Waals surface area contributed by atoms with Crippen LogP contribution in [0.1, 0.15) is 37.8 Å². The Bertz CT molecular complexity index is 583. The summed E-state index contributed by atoms with van der Waals surface area (Å²) in [6.07, 6.45) is 7.23. The average molecular weight is 415 g/mol. The molecule has 0 radical (unpaired) electrons. The number of pyridine rings is 1. The number of nitrogens with zero attached hydrogens (tertiary/aromatic N) is 3. The number of carbonyl (C=O) groups excluding carboxylic acids is 1. The van der Waals surface area contributed by atoms with Gasteiger partial charge >= 0.3 is 0 Å². The molecule has 7 heteroatoms. The number of hydrogen-bond acceptors (Lipinski definition) is 4. The molecule has 3 saturated heterocycles. The quantitative estimate of drug-likeness (QED) is 0.822. The van der Waals surface area contributed by atoms with Gasteiger partial charge in [0.1, 0.15) is 0 Å². The molecule has 3 aliphatic rings. The van der Waals surface area contributed by atoms with Gasteiger partial charge in [0.25, 0.3) is 0 Å².